The topological polar surface area (TPSA) is 46.5 Å². The van der Waals surface area contributed by atoms with E-state index in [0.717, 1.165) is 23.3 Å². The van der Waals surface area contributed by atoms with Gasteiger partial charge in [0.25, 0.3) is 0 Å². The summed E-state index contributed by atoms with van der Waals surface area (Å²) in [7, 11) is 0. The van der Waals surface area contributed by atoms with Crippen molar-refractivity contribution in [1.29, 1.82) is 0 Å². The molecule has 0 unspecified atom stereocenters. The molecule has 2 saturated carbocycles. The molecule has 3 nitrogen and oxygen atoms in total. The molecule has 2 aromatic carbocycles. The van der Waals surface area contributed by atoms with Gasteiger partial charge >= 0.3 is 5.97 Å². The monoisotopic (exact) mass is 432 g/mol. The molecule has 0 radical (unpaired) electrons. The molecule has 1 N–H and O–H groups in total. The number of thioether (sulfide) groups is 1. The summed E-state index contributed by atoms with van der Waals surface area (Å²) in [6.07, 6.45) is 5.84. The van der Waals surface area contributed by atoms with Crippen LogP contribution >= 0.6 is 11.8 Å². The van der Waals surface area contributed by atoms with Crippen LogP contribution < -0.4 is 0 Å². The van der Waals surface area contributed by atoms with E-state index in [1.807, 2.05) is 12.3 Å². The molecule has 0 spiro atoms. The maximum atomic E-state index is 14.3. The Morgan fingerprint density at radius 2 is 1.70 bits per heavy atom. The van der Waals surface area contributed by atoms with E-state index in [0.29, 0.717) is 43.8 Å². The molecule has 0 aromatic heterocycles. The number of halogens is 2. The van der Waals surface area contributed by atoms with Crippen LogP contribution in [0.5, 0.6) is 0 Å². The highest BCUT2D eigenvalue weighted by atomic mass is 32.2. The molecule has 30 heavy (non-hydrogen) atoms. The molecule has 4 rings (SSSR count). The maximum absolute atomic E-state index is 14.3. The highest BCUT2D eigenvalue weighted by molar-refractivity contribution is 7.98. The van der Waals surface area contributed by atoms with E-state index in [1.165, 1.54) is 36.0 Å². The Labute approximate surface area is 179 Å². The van der Waals surface area contributed by atoms with Crippen LogP contribution in [0.1, 0.15) is 49.7 Å². The minimum atomic E-state index is -1.09. The summed E-state index contributed by atoms with van der Waals surface area (Å²) in [5.74, 6) is -1.06. The first-order chi connectivity index (χ1) is 14.4. The van der Waals surface area contributed by atoms with E-state index < -0.39 is 17.0 Å². The van der Waals surface area contributed by atoms with E-state index >= 15 is 0 Å². The van der Waals surface area contributed by atoms with Gasteiger partial charge in [-0.3, -0.25) is 4.79 Å². The van der Waals surface area contributed by atoms with Crippen LogP contribution in [0.3, 0.4) is 0 Å². The summed E-state index contributed by atoms with van der Waals surface area (Å²) in [6, 6.07) is 10.7. The van der Waals surface area contributed by atoms with Crippen molar-refractivity contribution >= 4 is 17.7 Å². The molecule has 0 atom stereocenters. The molecule has 2 aromatic rings. The van der Waals surface area contributed by atoms with Gasteiger partial charge in [0.2, 0.25) is 0 Å². The number of hydrogen-bond acceptors (Lipinski definition) is 3. The highest BCUT2D eigenvalue weighted by Crippen LogP contribution is 2.50. The third-order valence-electron chi connectivity index (χ3n) is 6.64. The van der Waals surface area contributed by atoms with Gasteiger partial charge in [-0.15, -0.1) is 11.8 Å². The van der Waals surface area contributed by atoms with Crippen molar-refractivity contribution < 1.29 is 23.4 Å². The number of benzene rings is 2. The van der Waals surface area contributed by atoms with Crippen molar-refractivity contribution in [3.05, 3.63) is 65.2 Å². The fourth-order valence-electron chi connectivity index (χ4n) is 4.50. The summed E-state index contributed by atoms with van der Waals surface area (Å²) >= 11 is 1.47. The Kier molecular flexibility index (Phi) is 5.90. The van der Waals surface area contributed by atoms with Gasteiger partial charge in [0.1, 0.15) is 11.6 Å². The fourth-order valence-corrected chi connectivity index (χ4v) is 4.97. The summed E-state index contributed by atoms with van der Waals surface area (Å²) in [5, 5.41) is 10.1. The molecule has 0 aliphatic heterocycles. The molecule has 0 amide bonds. The number of carboxylic acids is 1. The second-order valence-corrected chi connectivity index (χ2v) is 9.40. The van der Waals surface area contributed by atoms with Crippen molar-refractivity contribution in [3.8, 4) is 0 Å². The summed E-state index contributed by atoms with van der Waals surface area (Å²) in [5.41, 5.74) is -0.397. The first-order valence-electron chi connectivity index (χ1n) is 10.4. The molecule has 0 saturated heterocycles. The average molecular weight is 433 g/mol. The Morgan fingerprint density at radius 3 is 2.27 bits per heavy atom. The molecule has 2 aliphatic carbocycles. The van der Waals surface area contributed by atoms with Crippen LogP contribution in [0.15, 0.2) is 47.4 Å². The Balaban J connectivity index is 1.67. The molecule has 2 aliphatic rings. The van der Waals surface area contributed by atoms with Crippen LogP contribution in [-0.4, -0.2) is 23.9 Å². The fraction of sp³-hybridized carbons (Fsp3) is 0.458. The molecule has 0 heterocycles. The Hall–Kier alpha value is -1.92. The van der Waals surface area contributed by atoms with Crippen LogP contribution in [0.25, 0.3) is 0 Å². The predicted molar refractivity (Wildman–Crippen MR) is 113 cm³/mol. The molecular formula is C24H26F2O3S. The first kappa shape index (κ1) is 21.3. The summed E-state index contributed by atoms with van der Waals surface area (Å²) < 4.78 is 34.2. The lowest BCUT2D eigenvalue weighted by molar-refractivity contribution is -0.151. The summed E-state index contributed by atoms with van der Waals surface area (Å²) in [6.45, 7) is 0.613. The molecule has 160 valence electrons. The van der Waals surface area contributed by atoms with E-state index in [2.05, 4.69) is 0 Å². The van der Waals surface area contributed by atoms with Crippen LogP contribution in [0, 0.1) is 17.6 Å². The largest absolute Gasteiger partial charge is 0.481 e. The van der Waals surface area contributed by atoms with Crippen molar-refractivity contribution in [2.24, 2.45) is 5.92 Å². The predicted octanol–water partition coefficient (Wildman–Crippen LogP) is 5.91. The van der Waals surface area contributed by atoms with Gasteiger partial charge in [0.05, 0.1) is 17.6 Å². The maximum Gasteiger partial charge on any atom is 0.314 e. The Bertz CT molecular complexity index is 917. The number of carbonyl (C=O) groups is 1. The van der Waals surface area contributed by atoms with Gasteiger partial charge in [-0.2, -0.15) is 0 Å². The van der Waals surface area contributed by atoms with Crippen molar-refractivity contribution in [2.75, 3.05) is 12.9 Å². The number of aliphatic carboxylic acids is 1. The standard InChI is InChI=1S/C24H26F2O3S/c1-30-21-13-18(12-20(26)14-21)24(29-15-16-2-3-16)10-8-23(9-11-24,22(27)28)17-4-6-19(25)7-5-17/h4-7,12-14,16H,2-3,8-11,15H2,1H3,(H,27,28). The quantitative estimate of drug-likeness (QED) is 0.553. The zero-order valence-corrected chi connectivity index (χ0v) is 17.8. The number of hydrogen-bond donors (Lipinski definition) is 1. The molecule has 2 fully saturated rings. The smallest absolute Gasteiger partial charge is 0.314 e. The van der Waals surface area contributed by atoms with E-state index in [4.69, 9.17) is 4.74 Å². The lowest BCUT2D eigenvalue weighted by atomic mass is 9.63. The van der Waals surface area contributed by atoms with Gasteiger partial charge in [0.15, 0.2) is 0 Å². The number of ether oxygens (including phenoxy) is 1. The van der Waals surface area contributed by atoms with E-state index in [9.17, 15) is 18.7 Å². The normalized spacial score (nSPS) is 26.5. The van der Waals surface area contributed by atoms with Gasteiger partial charge in [-0.1, -0.05) is 12.1 Å². The zero-order valence-electron chi connectivity index (χ0n) is 17.0. The average Bonchev–Trinajstić information content (AvgIpc) is 3.57. The third-order valence-corrected chi connectivity index (χ3v) is 7.35. The van der Waals surface area contributed by atoms with Gasteiger partial charge in [-0.05, 0) is 92.2 Å². The molecule has 0 bridgehead atoms. The highest BCUT2D eigenvalue weighted by Gasteiger charge is 2.50. The van der Waals surface area contributed by atoms with E-state index in [-0.39, 0.29) is 11.6 Å². The van der Waals surface area contributed by atoms with Gasteiger partial charge in [-0.25, -0.2) is 8.78 Å². The second-order valence-electron chi connectivity index (χ2n) is 8.52. The lowest BCUT2D eigenvalue weighted by Gasteiger charge is -2.45. The van der Waals surface area contributed by atoms with Crippen LogP contribution in [-0.2, 0) is 20.5 Å². The first-order valence-corrected chi connectivity index (χ1v) is 11.6. The molecular weight excluding hydrogens is 406 g/mol. The zero-order chi connectivity index (χ0) is 21.4. The van der Waals surface area contributed by atoms with Crippen molar-refractivity contribution in [3.63, 3.8) is 0 Å². The van der Waals surface area contributed by atoms with Crippen molar-refractivity contribution in [1.82, 2.24) is 0 Å². The van der Waals surface area contributed by atoms with E-state index in [1.54, 1.807) is 12.1 Å². The van der Waals surface area contributed by atoms with Crippen LogP contribution in [0.2, 0.25) is 0 Å². The minimum absolute atomic E-state index is 0.306. The Morgan fingerprint density at radius 1 is 1.03 bits per heavy atom. The number of carboxylic acid groups (broad SMARTS) is 1. The van der Waals surface area contributed by atoms with Gasteiger partial charge < -0.3 is 9.84 Å². The summed E-state index contributed by atoms with van der Waals surface area (Å²) in [4.78, 5) is 13.2. The number of rotatable bonds is 7. The van der Waals surface area contributed by atoms with Crippen molar-refractivity contribution in [2.45, 2.75) is 54.4 Å². The van der Waals surface area contributed by atoms with Gasteiger partial charge in [0, 0.05) is 4.90 Å². The second kappa shape index (κ2) is 8.31. The molecule has 6 heteroatoms. The third kappa shape index (κ3) is 4.12. The van der Waals surface area contributed by atoms with Crippen LogP contribution in [0.4, 0.5) is 8.78 Å². The minimum Gasteiger partial charge on any atom is -0.481 e. The SMILES string of the molecule is CSc1cc(F)cc(C2(OCC3CC3)CCC(C(=O)O)(c3ccc(F)cc3)CC2)c1. The lowest BCUT2D eigenvalue weighted by Crippen LogP contribution is -2.46.